The highest BCUT2D eigenvalue weighted by Gasteiger charge is 2.41. The molecule has 5 N–H and O–H groups in total. The van der Waals surface area contributed by atoms with Crippen LogP contribution in [0.5, 0.6) is 0 Å². The van der Waals surface area contributed by atoms with E-state index in [4.69, 9.17) is 40.2 Å². The zero-order valence-corrected chi connectivity index (χ0v) is 85.9. The fourth-order valence-electron chi connectivity index (χ4n) is 18.8. The second kappa shape index (κ2) is 66.5. The van der Waals surface area contributed by atoms with Gasteiger partial charge >= 0.3 is 32.2 Å². The molecule has 5 atom stereocenters. The zero-order valence-electron chi connectivity index (χ0n) is 85.0. The average Bonchev–Trinajstić information content (AvgIpc) is 1.64. The van der Waals surface area contributed by atoms with Crippen molar-refractivity contribution in [3.05, 3.63) is 161 Å². The van der Waals surface area contributed by atoms with Gasteiger partial charge < -0.3 is 40.9 Å². The molecule has 0 bridgehead atoms. The lowest BCUT2D eigenvalue weighted by atomic mass is 9.92. The summed E-state index contributed by atoms with van der Waals surface area (Å²) in [7, 11) is -3.94. The van der Waals surface area contributed by atoms with E-state index >= 15 is 0 Å². The fourth-order valence-corrected chi connectivity index (χ4v) is 20.3. The molecule has 0 saturated heterocycles. The molecule has 7 aliphatic rings. The molecule has 0 aliphatic heterocycles. The van der Waals surface area contributed by atoms with E-state index in [0.717, 1.165) is 136 Å². The molecule has 33 heteroatoms. The summed E-state index contributed by atoms with van der Waals surface area (Å²) in [5, 5.41) is 38.5. The van der Waals surface area contributed by atoms with Gasteiger partial charge in [-0.1, -0.05) is 230 Å². The van der Waals surface area contributed by atoms with Gasteiger partial charge in [0.2, 0.25) is 0 Å². The molecule has 7 saturated carbocycles. The van der Waals surface area contributed by atoms with Crippen LogP contribution < -0.4 is 36.4 Å². The molecule has 0 amide bonds. The Hall–Kier alpha value is -10.2. The summed E-state index contributed by atoms with van der Waals surface area (Å²) in [4.78, 5) is 124. The van der Waals surface area contributed by atoms with Crippen LogP contribution in [0.1, 0.15) is 346 Å². The first-order valence-corrected chi connectivity index (χ1v) is 51.9. The fraction of sp³-hybridized carbons (Fsp3) is 0.642. The Morgan fingerprint density at radius 1 is 0.475 bits per heavy atom. The quantitative estimate of drug-likeness (QED) is 0.00837. The molecule has 28 nitrogen and oxygen atoms in total. The Morgan fingerprint density at radius 3 is 1.12 bits per heavy atom. The van der Waals surface area contributed by atoms with E-state index in [9.17, 15) is 66.9 Å². The summed E-state index contributed by atoms with van der Waals surface area (Å²) in [6.07, 6.45) is 38.6. The smallest absolute Gasteiger partial charge is 0.397 e. The number of rotatable bonds is 36. The summed E-state index contributed by atoms with van der Waals surface area (Å²) in [6, 6.07) is 30.0. The molecule has 0 aromatic heterocycles. The van der Waals surface area contributed by atoms with Crippen LogP contribution in [0, 0.1) is 77.6 Å². The molecule has 139 heavy (non-hydrogen) atoms. The van der Waals surface area contributed by atoms with E-state index in [0.29, 0.717) is 88.8 Å². The van der Waals surface area contributed by atoms with E-state index < -0.39 is 38.1 Å². The number of nitrogen functional groups attached to an aromatic ring is 2. The molecule has 0 spiro atoms. The summed E-state index contributed by atoms with van der Waals surface area (Å²) >= 11 is 0. The first-order valence-electron chi connectivity index (χ1n) is 50.2. The van der Waals surface area contributed by atoms with E-state index in [-0.39, 0.29) is 56.9 Å². The third-order valence-electron chi connectivity index (χ3n) is 25.4. The van der Waals surface area contributed by atoms with Crippen molar-refractivity contribution >= 4 is 102 Å². The lowest BCUT2D eigenvalue weighted by Gasteiger charge is -2.38. The molecule has 774 valence electrons. The van der Waals surface area contributed by atoms with Crippen LogP contribution in [0.4, 0.5) is 68.7 Å². The van der Waals surface area contributed by atoms with Gasteiger partial charge in [0.25, 0.3) is 17.1 Å². The number of nitrogens with zero attached hydrogens (tertiary/aromatic N) is 7. The van der Waals surface area contributed by atoms with Crippen molar-refractivity contribution in [3.8, 4) is 0 Å². The minimum absolute atomic E-state index is 0.00426. The van der Waals surface area contributed by atoms with Crippen molar-refractivity contribution in [1.29, 1.82) is 0 Å². The number of ketones is 1. The number of nitrogens with two attached hydrogens (primary N) is 2. The maximum Gasteiger partial charge on any atom is 0.412 e. The van der Waals surface area contributed by atoms with Crippen LogP contribution in [0.15, 0.2) is 97.1 Å². The van der Waals surface area contributed by atoms with Crippen molar-refractivity contribution in [2.75, 3.05) is 83.2 Å². The minimum atomic E-state index is -4.59. The van der Waals surface area contributed by atoms with Crippen LogP contribution in [0.25, 0.3) is 6.08 Å². The Bertz CT molecular complexity index is 4630. The molecule has 0 radical (unpaired) electrons. The largest absolute Gasteiger partial charge is 0.412 e. The number of anilines is 6. The summed E-state index contributed by atoms with van der Waals surface area (Å²) in [5.41, 5.74) is 21.1. The molecule has 12 rings (SSSR count). The third kappa shape index (κ3) is 46.9. The van der Waals surface area contributed by atoms with Gasteiger partial charge in [-0.05, 0) is 228 Å². The second-order valence-electron chi connectivity index (χ2n) is 39.2. The van der Waals surface area contributed by atoms with Gasteiger partial charge in [0.05, 0.1) is 38.4 Å². The number of carbonyl (C=O) groups excluding carboxylic acids is 9. The van der Waals surface area contributed by atoms with Crippen molar-refractivity contribution in [2.24, 2.45) is 41.4 Å². The number of benzene rings is 5. The van der Waals surface area contributed by atoms with Gasteiger partial charge in [-0.3, -0.25) is 53.8 Å². The van der Waals surface area contributed by atoms with Crippen LogP contribution in [-0.4, -0.2) is 140 Å². The van der Waals surface area contributed by atoms with Gasteiger partial charge in [-0.2, -0.15) is 41.9 Å². The molecule has 0 heterocycles. The number of nitrogens with one attached hydrogen (secondary N) is 1. The highest BCUT2D eigenvalue weighted by atomic mass is 31.2. The van der Waals surface area contributed by atoms with Crippen molar-refractivity contribution in [2.45, 2.75) is 345 Å². The van der Waals surface area contributed by atoms with E-state index in [1.165, 1.54) is 197 Å². The number of nitro benzene ring substituents is 3. The first kappa shape index (κ1) is 123. The Labute approximate surface area is 822 Å². The zero-order chi connectivity index (χ0) is 104. The SMILES string of the molecule is CC(C)CN(c1ccc(C=O)cc1[N+](=O)[O-])C1CCCCC1.CC(C)CNC1CCCCC1.CC/C=C\c1ccc(N(CC(C)C)C2CCCCC2)c([N+](=O)[O-])c1.CCC1CC1c1ccc(N(CC(C)C)C2CCCCC2)c(N)c1.CCC1CC1c1ccc(N(CC(C)C)C2CCCCC2)c([N+](=O)[O-])c1.CCOP(=O)(CC(C)=O)OCC(F)(F)F.Nc1cc(C=O)ccc1F.O=C=O.O=C=O.O=C=O. The molecule has 5 aromatic rings. The molecule has 5 aromatic carbocycles. The summed E-state index contributed by atoms with van der Waals surface area (Å²) in [6.45, 7) is 34.4. The third-order valence-corrected chi connectivity index (χ3v) is 27.4. The number of carbonyl (C=O) groups is 3. The predicted octanol–water partition coefficient (Wildman–Crippen LogP) is 25.9. The van der Waals surface area contributed by atoms with Gasteiger partial charge in [-0.15, -0.1) is 0 Å². The minimum Gasteiger partial charge on any atom is -0.397 e. The molecular weight excluding hydrogens is 1810 g/mol. The Kier molecular flexibility index (Phi) is 58.8. The summed E-state index contributed by atoms with van der Waals surface area (Å²) in [5.74, 6) is 4.74. The first-order chi connectivity index (χ1) is 66.1. The number of alkyl halides is 3. The Morgan fingerprint density at radius 2 is 0.806 bits per heavy atom. The van der Waals surface area contributed by atoms with Crippen LogP contribution >= 0.6 is 7.60 Å². The highest BCUT2D eigenvalue weighted by Crippen LogP contribution is 2.53. The number of aldehydes is 2. The van der Waals surface area contributed by atoms with Gasteiger partial charge in [0, 0.05) is 85.7 Å². The molecule has 7 fully saturated rings. The topological polar surface area (TPSA) is 396 Å². The molecule has 5 unspecified atom stereocenters. The van der Waals surface area contributed by atoms with E-state index in [1.54, 1.807) is 18.2 Å². The number of allylic oxidation sites excluding steroid dienone is 1. The maximum atomic E-state index is 12.4. The number of halogens is 4. The second-order valence-corrected chi connectivity index (χ2v) is 41.3. The van der Waals surface area contributed by atoms with Crippen LogP contribution in [0.2, 0.25) is 0 Å². The maximum absolute atomic E-state index is 12.4. The average molecular weight is 1970 g/mol. The van der Waals surface area contributed by atoms with Gasteiger partial charge in [0.1, 0.15) is 47.4 Å². The molecule has 7 aliphatic carbocycles. The van der Waals surface area contributed by atoms with Crippen molar-refractivity contribution in [3.63, 3.8) is 0 Å². The van der Waals surface area contributed by atoms with Crippen molar-refractivity contribution < 1.29 is 89.1 Å². The Balaban J connectivity index is 0.000000418. The molecular formula is C106H159F4N10O18P. The van der Waals surface area contributed by atoms with Crippen LogP contribution in [0.3, 0.4) is 0 Å². The van der Waals surface area contributed by atoms with Crippen LogP contribution in [-0.2, 0) is 47.2 Å². The number of hydrogen-bond acceptors (Lipinski definition) is 25. The standard InChI is InChI=1S/C21H32N2O2.C21H34N2.C20H30N2O2.C17H24N2O3.C10H21N.C7H12F3O4P.C7H6FNO.3CO2/c1-4-16-12-19(16)17-10-11-20(21(13-17)23(24)25)22(14-15(2)3)18-8-6-5-7-9-18;1-4-16-12-19(16)17-10-11-21(20(22)13-17)23(14-15(2)3)18-8-6-5-7-9-18;1-4-5-9-17-12-13-19(20(14-17)22(23)24)21(15-16(2)3)18-10-7-6-8-11-18;1-13(2)11-18(15-6-4-3-5-7-15)16-9-8-14(12-20)10-17(16)19(21)22;1-9(2)8-11-10-6-4-3-5-7-10;1-3-13-15(12,4-6(2)11)14-5-7(8,9)10;8-6-2-1-5(4-10)3-7(6)9;3*2-1-3/h10-11,13,15-16,18-19H,4-9,12,14H2,1-3H3;10-11,13,15-16,18-19H,4-9,12,14,22H2,1-3H3;5,9,12-14,16,18H,4,6-8,10-11,15H2,1-3H3;8-10,12-13,15H,3-7,11H2,1-2H3;9-11H,3-8H2,1-2H3;3-5H2,1-2H3;1-4H,9H2;;;/b;;9-5-;;;;;;;. The number of nitro groups is 3. The summed E-state index contributed by atoms with van der Waals surface area (Å²) < 4.78 is 67.9. The van der Waals surface area contributed by atoms with Gasteiger partial charge in [0.15, 0.2) is 6.61 Å². The monoisotopic (exact) mass is 1970 g/mol. The normalized spacial score (nSPS) is 17.9. The van der Waals surface area contributed by atoms with Crippen molar-refractivity contribution in [1.82, 2.24) is 5.32 Å². The number of hydrogen-bond donors (Lipinski definition) is 3. The number of Topliss-reactive ketones (excluding diaryl/α,β-unsaturated/α-hetero) is 1. The predicted molar refractivity (Wildman–Crippen MR) is 541 cm³/mol. The van der Waals surface area contributed by atoms with Gasteiger partial charge in [-0.25, -0.2) is 4.39 Å². The lowest BCUT2D eigenvalue weighted by molar-refractivity contribution is -0.384. The lowest BCUT2D eigenvalue weighted by Crippen LogP contribution is -2.39. The van der Waals surface area contributed by atoms with E-state index in [1.807, 2.05) is 36.4 Å². The highest BCUT2D eigenvalue weighted by molar-refractivity contribution is 7.54. The van der Waals surface area contributed by atoms with E-state index in [2.05, 4.69) is 148 Å².